The normalized spacial score (nSPS) is 11.7. The molecule has 0 saturated heterocycles. The third-order valence-electron chi connectivity index (χ3n) is 4.18. The second-order valence-corrected chi connectivity index (χ2v) is 10.4. The summed E-state index contributed by atoms with van der Waals surface area (Å²) in [7, 11) is 0. The van der Waals surface area contributed by atoms with E-state index in [1.54, 1.807) is 53.8 Å². The summed E-state index contributed by atoms with van der Waals surface area (Å²) >= 11 is 0. The number of amides is 2. The molecule has 0 radical (unpaired) electrons. The molecule has 2 rings (SSSR count). The molecule has 0 atom stereocenters. The minimum atomic E-state index is -0.795. The van der Waals surface area contributed by atoms with Crippen LogP contribution < -0.4 is 10.1 Å². The Morgan fingerprint density at radius 1 is 1.00 bits per heavy atom. The van der Waals surface area contributed by atoms with Crippen molar-refractivity contribution in [3.05, 3.63) is 47.7 Å². The van der Waals surface area contributed by atoms with Crippen LogP contribution in [0.25, 0.3) is 0 Å². The van der Waals surface area contributed by atoms with E-state index in [1.807, 2.05) is 45.0 Å². The van der Waals surface area contributed by atoms with Crippen LogP contribution in [0.5, 0.6) is 5.75 Å². The van der Waals surface area contributed by atoms with Crippen molar-refractivity contribution in [3.8, 4) is 5.75 Å². The van der Waals surface area contributed by atoms with Gasteiger partial charge in [0.2, 0.25) is 0 Å². The van der Waals surface area contributed by atoms with Gasteiger partial charge in [0.1, 0.15) is 22.8 Å². The molecular weight excluding hydrogens is 434 g/mol. The van der Waals surface area contributed by atoms with Crippen LogP contribution in [0.1, 0.15) is 66.5 Å². The number of carbonyl (C=O) groups is 2. The number of nitrogens with zero attached hydrogens (tertiary/aromatic N) is 2. The van der Waals surface area contributed by atoms with E-state index in [-0.39, 0.29) is 12.6 Å². The number of benzene rings is 1. The number of aryl methyl sites for hydroxylation is 1. The van der Waals surface area contributed by atoms with Gasteiger partial charge in [0.05, 0.1) is 18.3 Å². The monoisotopic (exact) mass is 471 g/mol. The fourth-order valence-electron chi connectivity index (χ4n) is 2.93. The Morgan fingerprint density at radius 3 is 2.09 bits per heavy atom. The second-order valence-electron chi connectivity index (χ2n) is 10.4. The van der Waals surface area contributed by atoms with Crippen molar-refractivity contribution in [2.75, 3.05) is 5.32 Å². The molecule has 0 spiro atoms. The Bertz CT molecular complexity index is 978. The molecule has 0 saturated carbocycles. The standard InChI is InChI=1S/C26H37N3O5/c1-17(2)32-22-19(11-10-12-20(22)28-21-15-18(3)13-14-27-21)16-29(23(30)33-25(4,5)6)24(31)34-26(7,8)9/h10-15,17H,16H2,1-9H3,(H,27,28). The second kappa shape index (κ2) is 10.8. The number of rotatable bonds is 6. The van der Waals surface area contributed by atoms with Gasteiger partial charge in [-0.15, -0.1) is 0 Å². The molecule has 1 heterocycles. The number of hydrogen-bond donors (Lipinski definition) is 1. The number of pyridine rings is 1. The molecule has 2 amide bonds. The van der Waals surface area contributed by atoms with E-state index < -0.39 is 23.4 Å². The number of ether oxygens (including phenoxy) is 3. The Hall–Kier alpha value is -3.29. The predicted molar refractivity (Wildman–Crippen MR) is 132 cm³/mol. The molecule has 2 aromatic rings. The van der Waals surface area contributed by atoms with Crippen molar-refractivity contribution >= 4 is 23.7 Å². The highest BCUT2D eigenvalue weighted by atomic mass is 16.6. The third-order valence-corrected chi connectivity index (χ3v) is 4.18. The molecule has 186 valence electrons. The summed E-state index contributed by atoms with van der Waals surface area (Å²) < 4.78 is 17.1. The maximum atomic E-state index is 13.0. The minimum absolute atomic E-state index is 0.0946. The first-order valence-electron chi connectivity index (χ1n) is 11.4. The zero-order valence-electron chi connectivity index (χ0n) is 21.7. The van der Waals surface area contributed by atoms with Gasteiger partial charge in [-0.3, -0.25) is 0 Å². The Balaban J connectivity index is 2.47. The maximum absolute atomic E-state index is 13.0. The first kappa shape index (κ1) is 27.0. The van der Waals surface area contributed by atoms with Crippen LogP contribution in [0.3, 0.4) is 0 Å². The molecule has 0 aliphatic carbocycles. The lowest BCUT2D eigenvalue weighted by Crippen LogP contribution is -2.43. The summed E-state index contributed by atoms with van der Waals surface area (Å²) in [4.78, 5) is 31.3. The van der Waals surface area contributed by atoms with Gasteiger partial charge in [-0.1, -0.05) is 12.1 Å². The first-order valence-corrected chi connectivity index (χ1v) is 11.4. The summed E-state index contributed by atoms with van der Waals surface area (Å²) in [6, 6.07) is 9.31. The molecule has 1 aromatic heterocycles. The quantitative estimate of drug-likeness (QED) is 0.508. The largest absolute Gasteiger partial charge is 0.488 e. The number of imide groups is 1. The molecule has 0 unspecified atom stereocenters. The van der Waals surface area contributed by atoms with Gasteiger partial charge >= 0.3 is 12.2 Å². The van der Waals surface area contributed by atoms with E-state index >= 15 is 0 Å². The summed E-state index contributed by atoms with van der Waals surface area (Å²) in [5, 5.41) is 3.28. The molecule has 34 heavy (non-hydrogen) atoms. The Labute approximate surface area is 202 Å². The smallest absolute Gasteiger partial charge is 0.420 e. The number of hydrogen-bond acceptors (Lipinski definition) is 7. The van der Waals surface area contributed by atoms with Crippen molar-refractivity contribution in [2.24, 2.45) is 0 Å². The molecule has 0 aliphatic heterocycles. The number of aromatic nitrogens is 1. The van der Waals surface area contributed by atoms with Crippen LogP contribution in [0.15, 0.2) is 36.5 Å². The fourth-order valence-corrected chi connectivity index (χ4v) is 2.93. The highest BCUT2D eigenvalue weighted by molar-refractivity contribution is 5.88. The van der Waals surface area contributed by atoms with Crippen LogP contribution in [-0.4, -0.2) is 39.4 Å². The average Bonchev–Trinajstić information content (AvgIpc) is 2.65. The number of carbonyl (C=O) groups excluding carboxylic acids is 2. The van der Waals surface area contributed by atoms with Gasteiger partial charge in [-0.25, -0.2) is 19.5 Å². The third kappa shape index (κ3) is 8.57. The van der Waals surface area contributed by atoms with Crippen molar-refractivity contribution in [1.82, 2.24) is 9.88 Å². The zero-order valence-corrected chi connectivity index (χ0v) is 21.7. The van der Waals surface area contributed by atoms with Crippen LogP contribution >= 0.6 is 0 Å². The van der Waals surface area contributed by atoms with Gasteiger partial charge in [0, 0.05) is 11.8 Å². The predicted octanol–water partition coefficient (Wildman–Crippen LogP) is 6.59. The molecule has 8 nitrogen and oxygen atoms in total. The van der Waals surface area contributed by atoms with Crippen LogP contribution in [0.2, 0.25) is 0 Å². The van der Waals surface area contributed by atoms with Crippen molar-refractivity contribution < 1.29 is 23.8 Å². The van der Waals surface area contributed by atoms with E-state index in [0.717, 1.165) is 10.5 Å². The van der Waals surface area contributed by atoms with Crippen molar-refractivity contribution in [1.29, 1.82) is 0 Å². The molecule has 1 aromatic carbocycles. The topological polar surface area (TPSA) is 90.0 Å². The van der Waals surface area contributed by atoms with Crippen LogP contribution in [0, 0.1) is 6.92 Å². The summed E-state index contributed by atoms with van der Waals surface area (Å²) in [5.74, 6) is 1.17. The van der Waals surface area contributed by atoms with Crippen molar-refractivity contribution in [2.45, 2.75) is 86.2 Å². The SMILES string of the molecule is Cc1ccnc(Nc2cccc(CN(C(=O)OC(C)(C)C)C(=O)OC(C)(C)C)c2OC(C)C)c1. The van der Waals surface area contributed by atoms with Gasteiger partial charge in [0.25, 0.3) is 0 Å². The van der Waals surface area contributed by atoms with E-state index in [4.69, 9.17) is 14.2 Å². The maximum Gasteiger partial charge on any atom is 0.420 e. The number of para-hydroxylation sites is 1. The molecule has 0 aliphatic rings. The van der Waals surface area contributed by atoms with E-state index in [0.29, 0.717) is 22.8 Å². The molecule has 0 bridgehead atoms. The lowest BCUT2D eigenvalue weighted by Gasteiger charge is -2.29. The number of anilines is 2. The molecule has 8 heteroatoms. The van der Waals surface area contributed by atoms with E-state index in [2.05, 4.69) is 10.3 Å². The molecule has 0 fully saturated rings. The van der Waals surface area contributed by atoms with E-state index in [9.17, 15) is 9.59 Å². The number of nitrogens with one attached hydrogen (secondary N) is 1. The summed E-state index contributed by atoms with van der Waals surface area (Å²) in [6.07, 6.45) is -0.0207. The van der Waals surface area contributed by atoms with Gasteiger partial charge in [-0.2, -0.15) is 0 Å². The zero-order chi connectivity index (χ0) is 25.7. The fraction of sp³-hybridized carbons (Fsp3) is 0.500. The highest BCUT2D eigenvalue weighted by Crippen LogP contribution is 2.33. The minimum Gasteiger partial charge on any atom is -0.488 e. The molecular formula is C26H37N3O5. The Morgan fingerprint density at radius 2 is 1.59 bits per heavy atom. The highest BCUT2D eigenvalue weighted by Gasteiger charge is 2.32. The first-order chi connectivity index (χ1) is 15.6. The lowest BCUT2D eigenvalue weighted by molar-refractivity contribution is -0.000371. The van der Waals surface area contributed by atoms with E-state index in [1.165, 1.54) is 0 Å². The van der Waals surface area contributed by atoms with Gasteiger partial charge < -0.3 is 19.5 Å². The van der Waals surface area contributed by atoms with Gasteiger partial charge in [0.15, 0.2) is 0 Å². The van der Waals surface area contributed by atoms with Crippen molar-refractivity contribution in [3.63, 3.8) is 0 Å². The summed E-state index contributed by atoms with van der Waals surface area (Å²) in [5.41, 5.74) is 0.769. The lowest BCUT2D eigenvalue weighted by atomic mass is 10.1. The summed E-state index contributed by atoms with van der Waals surface area (Å²) in [6.45, 7) is 16.1. The Kier molecular flexibility index (Phi) is 8.53. The van der Waals surface area contributed by atoms with Gasteiger partial charge in [-0.05, 0) is 86.1 Å². The van der Waals surface area contributed by atoms with Crippen LogP contribution in [-0.2, 0) is 16.0 Å². The average molecular weight is 472 g/mol. The van der Waals surface area contributed by atoms with Crippen LogP contribution in [0.4, 0.5) is 21.1 Å². The molecule has 1 N–H and O–H groups in total.